The smallest absolute Gasteiger partial charge is 0.204 e. The quantitative estimate of drug-likeness (QED) is 0.494. The average Bonchev–Trinajstić information content (AvgIpc) is 2.85. The minimum atomic E-state index is -0.256. The van der Waals surface area contributed by atoms with Crippen LogP contribution in [0.4, 0.5) is 0 Å². The van der Waals surface area contributed by atoms with Gasteiger partial charge in [-0.25, -0.2) is 0 Å². The van der Waals surface area contributed by atoms with E-state index >= 15 is 0 Å². The Balaban J connectivity index is 1.30. The summed E-state index contributed by atoms with van der Waals surface area (Å²) < 4.78 is 17.9. The van der Waals surface area contributed by atoms with Gasteiger partial charge in [0.2, 0.25) is 5.43 Å². The van der Waals surface area contributed by atoms with Crippen molar-refractivity contribution in [2.45, 2.75) is 38.5 Å². The molecule has 2 aliphatic rings. The first-order valence-electron chi connectivity index (χ1n) is 12.6. The molecule has 2 saturated heterocycles. The van der Waals surface area contributed by atoms with Crippen LogP contribution in [0.2, 0.25) is 0 Å². The normalized spacial score (nSPS) is 17.9. The fourth-order valence-electron chi connectivity index (χ4n) is 5.04. The van der Waals surface area contributed by atoms with Crippen molar-refractivity contribution in [3.05, 3.63) is 40.6 Å². The summed E-state index contributed by atoms with van der Waals surface area (Å²) in [5.74, 6) is 1.05. The topological polar surface area (TPSA) is 75.4 Å². The van der Waals surface area contributed by atoms with E-state index in [0.29, 0.717) is 41.3 Å². The minimum absolute atomic E-state index is 0.122. The molecule has 0 unspecified atom stereocenters. The van der Waals surface area contributed by atoms with Gasteiger partial charge in [0, 0.05) is 31.3 Å². The number of piperidine rings is 2. The maximum absolute atomic E-state index is 13.1. The number of phenols is 1. The molecule has 3 aromatic rings. The number of benzene rings is 2. The van der Waals surface area contributed by atoms with Crippen LogP contribution >= 0.6 is 0 Å². The standard InChI is InChI=1S/C27H34N2O5/c30-23-17-21(33-16-14-29-11-5-2-6-12-29)19-25-26(23)27(31)22-8-7-20(18-24(22)34-25)32-15-13-28-9-3-1-4-10-28/h7-8,17-19,30H,1-6,9-16H2. The van der Waals surface area contributed by atoms with Crippen molar-refractivity contribution in [1.29, 1.82) is 0 Å². The molecule has 0 saturated carbocycles. The molecular weight excluding hydrogens is 432 g/mol. The third-order valence-corrected chi connectivity index (χ3v) is 6.95. The highest BCUT2D eigenvalue weighted by Crippen LogP contribution is 2.31. The second-order valence-corrected chi connectivity index (χ2v) is 9.41. The Morgan fingerprint density at radius 3 is 2.00 bits per heavy atom. The Labute approximate surface area is 199 Å². The van der Waals surface area contributed by atoms with Gasteiger partial charge >= 0.3 is 0 Å². The summed E-state index contributed by atoms with van der Waals surface area (Å²) in [4.78, 5) is 17.9. The van der Waals surface area contributed by atoms with E-state index in [1.807, 2.05) is 0 Å². The van der Waals surface area contributed by atoms with E-state index in [2.05, 4.69) is 9.80 Å². The predicted octanol–water partition coefficient (Wildman–Crippen LogP) is 4.38. The van der Waals surface area contributed by atoms with Crippen LogP contribution in [-0.4, -0.2) is 67.4 Å². The molecule has 7 heteroatoms. The molecule has 1 aromatic heterocycles. The molecule has 0 aliphatic carbocycles. The molecule has 2 aromatic carbocycles. The summed E-state index contributed by atoms with van der Waals surface area (Å²) in [6.45, 7) is 7.34. The van der Waals surface area contributed by atoms with Crippen LogP contribution < -0.4 is 14.9 Å². The predicted molar refractivity (Wildman–Crippen MR) is 133 cm³/mol. The SMILES string of the molecule is O=c1c2ccc(OCCN3CCCCC3)cc2oc2cc(OCCN3CCCCC3)cc(O)c12. The van der Waals surface area contributed by atoms with Crippen LogP contribution in [0, 0.1) is 0 Å². The van der Waals surface area contributed by atoms with Crippen molar-refractivity contribution in [1.82, 2.24) is 9.80 Å². The number of hydrogen-bond acceptors (Lipinski definition) is 7. The first kappa shape index (κ1) is 23.0. The minimum Gasteiger partial charge on any atom is -0.507 e. The maximum Gasteiger partial charge on any atom is 0.204 e. The highest BCUT2D eigenvalue weighted by Gasteiger charge is 2.16. The molecular formula is C27H34N2O5. The average molecular weight is 467 g/mol. The van der Waals surface area contributed by atoms with Gasteiger partial charge in [-0.1, -0.05) is 12.8 Å². The van der Waals surface area contributed by atoms with Crippen LogP contribution in [0.25, 0.3) is 21.9 Å². The van der Waals surface area contributed by atoms with Crippen LogP contribution in [0.5, 0.6) is 17.2 Å². The lowest BCUT2D eigenvalue weighted by atomic mass is 10.1. The van der Waals surface area contributed by atoms with Crippen molar-refractivity contribution in [3.8, 4) is 17.2 Å². The van der Waals surface area contributed by atoms with Crippen molar-refractivity contribution in [2.75, 3.05) is 52.5 Å². The number of aromatic hydroxyl groups is 1. The van der Waals surface area contributed by atoms with Gasteiger partial charge in [-0.2, -0.15) is 0 Å². The van der Waals surface area contributed by atoms with Gasteiger partial charge < -0.3 is 19.0 Å². The highest BCUT2D eigenvalue weighted by molar-refractivity contribution is 5.94. The molecule has 182 valence electrons. The molecule has 3 heterocycles. The van der Waals surface area contributed by atoms with E-state index in [9.17, 15) is 9.90 Å². The first-order chi connectivity index (χ1) is 16.7. The summed E-state index contributed by atoms with van der Waals surface area (Å²) in [5.41, 5.74) is 0.502. The lowest BCUT2D eigenvalue weighted by Gasteiger charge is -2.26. The zero-order valence-corrected chi connectivity index (χ0v) is 19.8. The van der Waals surface area contributed by atoms with Crippen molar-refractivity contribution in [3.63, 3.8) is 0 Å². The second kappa shape index (κ2) is 10.7. The zero-order chi connectivity index (χ0) is 23.3. The van der Waals surface area contributed by atoms with Gasteiger partial charge in [0.25, 0.3) is 0 Å². The van der Waals surface area contributed by atoms with Crippen molar-refractivity contribution >= 4 is 21.9 Å². The van der Waals surface area contributed by atoms with Crippen LogP contribution in [0.1, 0.15) is 38.5 Å². The van der Waals surface area contributed by atoms with Crippen LogP contribution in [0.3, 0.4) is 0 Å². The van der Waals surface area contributed by atoms with E-state index < -0.39 is 0 Å². The van der Waals surface area contributed by atoms with Gasteiger partial charge in [-0.05, 0) is 64.0 Å². The molecule has 0 radical (unpaired) electrons. The molecule has 2 aliphatic heterocycles. The Hall–Kier alpha value is -2.77. The van der Waals surface area contributed by atoms with Gasteiger partial charge in [-0.3, -0.25) is 14.6 Å². The van der Waals surface area contributed by atoms with Crippen LogP contribution in [0.15, 0.2) is 39.5 Å². The molecule has 5 rings (SSSR count). The molecule has 7 nitrogen and oxygen atoms in total. The lowest BCUT2D eigenvalue weighted by molar-refractivity contribution is 0.183. The van der Waals surface area contributed by atoms with Gasteiger partial charge in [0.15, 0.2) is 0 Å². The highest BCUT2D eigenvalue weighted by atomic mass is 16.5. The van der Waals surface area contributed by atoms with E-state index in [1.165, 1.54) is 44.6 Å². The van der Waals surface area contributed by atoms with Gasteiger partial charge in [0.1, 0.15) is 47.0 Å². The molecule has 2 fully saturated rings. The number of phenolic OH excluding ortho intramolecular Hbond substituents is 1. The third-order valence-electron chi connectivity index (χ3n) is 6.95. The van der Waals surface area contributed by atoms with Gasteiger partial charge in [0.05, 0.1) is 5.39 Å². The lowest BCUT2D eigenvalue weighted by Crippen LogP contribution is -2.33. The summed E-state index contributed by atoms with van der Waals surface area (Å²) in [5, 5.41) is 11.2. The summed E-state index contributed by atoms with van der Waals surface area (Å²) in [6.07, 6.45) is 7.60. The number of rotatable bonds is 8. The Bertz CT molecular complexity index is 1180. The van der Waals surface area contributed by atoms with E-state index in [4.69, 9.17) is 13.9 Å². The summed E-state index contributed by atoms with van der Waals surface area (Å²) >= 11 is 0. The number of nitrogens with zero attached hydrogens (tertiary/aromatic N) is 2. The molecule has 0 spiro atoms. The summed E-state index contributed by atoms with van der Waals surface area (Å²) in [6, 6.07) is 8.44. The monoisotopic (exact) mass is 466 g/mol. The molecule has 34 heavy (non-hydrogen) atoms. The third kappa shape index (κ3) is 5.31. The summed E-state index contributed by atoms with van der Waals surface area (Å²) in [7, 11) is 0. The van der Waals surface area contributed by atoms with E-state index in [0.717, 1.165) is 39.3 Å². The Kier molecular flexibility index (Phi) is 7.21. The second-order valence-electron chi connectivity index (χ2n) is 9.41. The van der Waals surface area contributed by atoms with Crippen LogP contribution in [-0.2, 0) is 0 Å². The number of likely N-dealkylation sites (tertiary alicyclic amines) is 2. The molecule has 0 atom stereocenters. The number of hydrogen-bond donors (Lipinski definition) is 1. The van der Waals surface area contributed by atoms with E-state index in [-0.39, 0.29) is 16.6 Å². The number of ether oxygens (including phenoxy) is 2. The molecule has 1 N–H and O–H groups in total. The van der Waals surface area contributed by atoms with Gasteiger partial charge in [-0.15, -0.1) is 0 Å². The first-order valence-corrected chi connectivity index (χ1v) is 12.6. The molecule has 0 amide bonds. The van der Waals surface area contributed by atoms with E-state index in [1.54, 1.807) is 24.3 Å². The van der Waals surface area contributed by atoms with Crippen molar-refractivity contribution < 1.29 is 19.0 Å². The van der Waals surface area contributed by atoms with Crippen molar-refractivity contribution in [2.24, 2.45) is 0 Å². The zero-order valence-electron chi connectivity index (χ0n) is 19.8. The largest absolute Gasteiger partial charge is 0.507 e. The fraction of sp³-hybridized carbons (Fsp3) is 0.519. The number of fused-ring (bicyclic) bond motifs is 2. The fourth-order valence-corrected chi connectivity index (χ4v) is 5.04. The Morgan fingerprint density at radius 2 is 1.35 bits per heavy atom. The maximum atomic E-state index is 13.1. The Morgan fingerprint density at radius 1 is 0.765 bits per heavy atom. The molecule has 0 bridgehead atoms.